The molecule has 1 saturated heterocycles. The minimum Gasteiger partial charge on any atom is -0.326 e. The van der Waals surface area contributed by atoms with Crippen LogP contribution in [0.2, 0.25) is 0 Å². The Labute approximate surface area is 75.8 Å². The summed E-state index contributed by atoms with van der Waals surface area (Å²) in [6, 6.07) is 0. The molecule has 0 amide bonds. The molecular formula is C9H20NS+. The molecule has 0 aromatic carbocycles. The van der Waals surface area contributed by atoms with Crippen LogP contribution in [-0.4, -0.2) is 36.9 Å². The second-order valence-corrected chi connectivity index (χ2v) is 4.38. The number of unbranched alkanes of at least 4 members (excludes halogenated alkanes) is 1. The molecule has 1 heterocycles. The third-order valence-electron chi connectivity index (χ3n) is 2.75. The van der Waals surface area contributed by atoms with Gasteiger partial charge in [0.05, 0.1) is 26.7 Å². The van der Waals surface area contributed by atoms with E-state index in [2.05, 4.69) is 19.7 Å². The molecule has 0 bridgehead atoms. The Balaban J connectivity index is 2.13. The smallest absolute Gasteiger partial charge is 0.0786 e. The summed E-state index contributed by atoms with van der Waals surface area (Å²) in [4.78, 5) is 0. The maximum atomic E-state index is 4.22. The van der Waals surface area contributed by atoms with E-state index in [1.165, 1.54) is 49.8 Å². The highest BCUT2D eigenvalue weighted by molar-refractivity contribution is 7.80. The Morgan fingerprint density at radius 1 is 1.18 bits per heavy atom. The third kappa shape index (κ3) is 3.04. The Hall–Kier alpha value is 0.310. The lowest BCUT2D eigenvalue weighted by Crippen LogP contribution is -2.41. The first-order chi connectivity index (χ1) is 5.27. The molecule has 1 aliphatic heterocycles. The number of hydrogen-bond acceptors (Lipinski definition) is 1. The lowest BCUT2D eigenvalue weighted by Gasteiger charge is -2.28. The predicted molar refractivity (Wildman–Crippen MR) is 53.1 cm³/mol. The Morgan fingerprint density at radius 2 is 1.82 bits per heavy atom. The summed E-state index contributed by atoms with van der Waals surface area (Å²) in [5, 5.41) is 0. The van der Waals surface area contributed by atoms with Crippen LogP contribution in [0.5, 0.6) is 0 Å². The van der Waals surface area contributed by atoms with E-state index in [9.17, 15) is 0 Å². The van der Waals surface area contributed by atoms with E-state index in [1.54, 1.807) is 0 Å². The second kappa shape index (κ2) is 4.36. The van der Waals surface area contributed by atoms with Gasteiger partial charge in [-0.1, -0.05) is 0 Å². The second-order valence-electron chi connectivity index (χ2n) is 3.93. The number of thiol groups is 1. The van der Waals surface area contributed by atoms with Gasteiger partial charge in [-0.3, -0.25) is 0 Å². The molecule has 0 saturated carbocycles. The molecule has 0 aromatic heterocycles. The SMILES string of the molecule is C[N+]1(CCCCS)CCCC1. The zero-order valence-corrected chi connectivity index (χ0v) is 8.45. The predicted octanol–water partition coefficient (Wildman–Crippen LogP) is 1.94. The van der Waals surface area contributed by atoms with E-state index in [-0.39, 0.29) is 0 Å². The highest BCUT2D eigenvalue weighted by Crippen LogP contribution is 2.17. The number of likely N-dealkylation sites (tertiary alicyclic amines) is 1. The molecule has 11 heavy (non-hydrogen) atoms. The fourth-order valence-electron chi connectivity index (χ4n) is 1.93. The van der Waals surface area contributed by atoms with Crippen LogP contribution in [0.4, 0.5) is 0 Å². The van der Waals surface area contributed by atoms with Crippen molar-refractivity contribution in [1.29, 1.82) is 0 Å². The van der Waals surface area contributed by atoms with E-state index in [0.717, 1.165) is 5.75 Å². The van der Waals surface area contributed by atoms with Gasteiger partial charge in [0.25, 0.3) is 0 Å². The molecule has 1 nitrogen and oxygen atoms in total. The van der Waals surface area contributed by atoms with Gasteiger partial charge < -0.3 is 4.48 Å². The Kier molecular flexibility index (Phi) is 3.73. The zero-order chi connectivity index (χ0) is 8.16. The first-order valence-electron chi connectivity index (χ1n) is 4.71. The normalized spacial score (nSPS) is 22.4. The van der Waals surface area contributed by atoms with Crippen molar-refractivity contribution >= 4 is 12.6 Å². The first-order valence-corrected chi connectivity index (χ1v) is 5.34. The standard InChI is InChI=1S/C9H19NS/c1-10(6-2-3-7-10)8-4-5-9-11/h2-9H2,1H3/p+1. The summed E-state index contributed by atoms with van der Waals surface area (Å²) in [6.07, 6.45) is 5.53. The van der Waals surface area contributed by atoms with E-state index in [1.807, 2.05) is 0 Å². The maximum absolute atomic E-state index is 4.22. The van der Waals surface area contributed by atoms with Crippen LogP contribution in [0.1, 0.15) is 25.7 Å². The molecule has 66 valence electrons. The van der Waals surface area contributed by atoms with E-state index < -0.39 is 0 Å². The molecule has 1 rings (SSSR count). The molecule has 1 aliphatic rings. The molecule has 0 unspecified atom stereocenters. The quantitative estimate of drug-likeness (QED) is 0.376. The van der Waals surface area contributed by atoms with Crippen molar-refractivity contribution in [2.24, 2.45) is 0 Å². The van der Waals surface area contributed by atoms with Gasteiger partial charge in [-0.15, -0.1) is 0 Å². The van der Waals surface area contributed by atoms with Crippen LogP contribution in [0.25, 0.3) is 0 Å². The lowest BCUT2D eigenvalue weighted by molar-refractivity contribution is -0.897. The van der Waals surface area contributed by atoms with E-state index in [4.69, 9.17) is 0 Å². The van der Waals surface area contributed by atoms with Crippen molar-refractivity contribution in [1.82, 2.24) is 0 Å². The largest absolute Gasteiger partial charge is 0.326 e. The van der Waals surface area contributed by atoms with Gasteiger partial charge in [0.15, 0.2) is 0 Å². The van der Waals surface area contributed by atoms with Crippen LogP contribution in [0, 0.1) is 0 Å². The van der Waals surface area contributed by atoms with Crippen molar-refractivity contribution in [3.05, 3.63) is 0 Å². The van der Waals surface area contributed by atoms with Crippen LogP contribution >= 0.6 is 12.6 Å². The number of nitrogens with zero attached hydrogens (tertiary/aromatic N) is 1. The summed E-state index contributed by atoms with van der Waals surface area (Å²) in [5.41, 5.74) is 0. The van der Waals surface area contributed by atoms with Gasteiger partial charge in [-0.2, -0.15) is 12.6 Å². The summed E-state index contributed by atoms with van der Waals surface area (Å²) in [5.74, 6) is 1.06. The lowest BCUT2D eigenvalue weighted by atomic mass is 10.3. The molecule has 0 aliphatic carbocycles. The molecule has 0 N–H and O–H groups in total. The Bertz CT molecular complexity index is 108. The van der Waals surface area contributed by atoms with Gasteiger partial charge in [-0.05, 0) is 18.6 Å². The Morgan fingerprint density at radius 3 is 2.36 bits per heavy atom. The fourth-order valence-corrected chi connectivity index (χ4v) is 2.15. The minimum absolute atomic E-state index is 1.06. The molecule has 2 heteroatoms. The molecular weight excluding hydrogens is 154 g/mol. The van der Waals surface area contributed by atoms with Gasteiger partial charge in [0.1, 0.15) is 0 Å². The number of quaternary nitrogens is 1. The average molecular weight is 174 g/mol. The van der Waals surface area contributed by atoms with Crippen molar-refractivity contribution in [3.63, 3.8) is 0 Å². The molecule has 1 fully saturated rings. The van der Waals surface area contributed by atoms with Crippen molar-refractivity contribution in [2.45, 2.75) is 25.7 Å². The number of rotatable bonds is 4. The summed E-state index contributed by atoms with van der Waals surface area (Å²) < 4.78 is 1.33. The van der Waals surface area contributed by atoms with Crippen LogP contribution < -0.4 is 0 Å². The van der Waals surface area contributed by atoms with Crippen molar-refractivity contribution in [2.75, 3.05) is 32.4 Å². The third-order valence-corrected chi connectivity index (χ3v) is 3.07. The van der Waals surface area contributed by atoms with Gasteiger partial charge in [-0.25, -0.2) is 0 Å². The summed E-state index contributed by atoms with van der Waals surface area (Å²) in [6.45, 7) is 4.19. The highest BCUT2D eigenvalue weighted by atomic mass is 32.1. The fraction of sp³-hybridized carbons (Fsp3) is 1.00. The molecule has 0 aromatic rings. The first kappa shape index (κ1) is 9.40. The summed E-state index contributed by atoms with van der Waals surface area (Å²) >= 11 is 4.22. The maximum Gasteiger partial charge on any atom is 0.0786 e. The highest BCUT2D eigenvalue weighted by Gasteiger charge is 2.25. The summed E-state index contributed by atoms with van der Waals surface area (Å²) in [7, 11) is 2.39. The van der Waals surface area contributed by atoms with Crippen LogP contribution in [0.3, 0.4) is 0 Å². The van der Waals surface area contributed by atoms with Crippen LogP contribution in [-0.2, 0) is 0 Å². The number of hydrogen-bond donors (Lipinski definition) is 1. The van der Waals surface area contributed by atoms with Crippen molar-refractivity contribution < 1.29 is 4.48 Å². The monoisotopic (exact) mass is 174 g/mol. The van der Waals surface area contributed by atoms with Crippen molar-refractivity contribution in [3.8, 4) is 0 Å². The minimum atomic E-state index is 1.06. The zero-order valence-electron chi connectivity index (χ0n) is 7.55. The average Bonchev–Trinajstić information content (AvgIpc) is 2.38. The van der Waals surface area contributed by atoms with Gasteiger partial charge >= 0.3 is 0 Å². The molecule has 0 spiro atoms. The van der Waals surface area contributed by atoms with Gasteiger partial charge in [0.2, 0.25) is 0 Å². The topological polar surface area (TPSA) is 0 Å². The van der Waals surface area contributed by atoms with Gasteiger partial charge in [0, 0.05) is 12.8 Å². The van der Waals surface area contributed by atoms with E-state index >= 15 is 0 Å². The molecule has 0 atom stereocenters. The van der Waals surface area contributed by atoms with E-state index in [0.29, 0.717) is 0 Å². The molecule has 0 radical (unpaired) electrons. The van der Waals surface area contributed by atoms with Crippen LogP contribution in [0.15, 0.2) is 0 Å².